The van der Waals surface area contributed by atoms with E-state index >= 15 is 0 Å². The first-order valence-electron chi connectivity index (χ1n) is 9.72. The summed E-state index contributed by atoms with van der Waals surface area (Å²) in [5.41, 5.74) is 5.30. The smallest absolute Gasteiger partial charge is 0.219 e. The maximum Gasteiger partial charge on any atom is 0.219 e. The largest absolute Gasteiger partial charge is 0.358 e. The Hall–Kier alpha value is -3.17. The Kier molecular flexibility index (Phi) is 5.36. The number of ketones is 1. The van der Waals surface area contributed by atoms with Crippen LogP contribution < -0.4 is 4.90 Å². The number of carbonyl (C=O) groups excluding carboxylic acids is 1. The Morgan fingerprint density at radius 1 is 0.786 bits per heavy atom. The van der Waals surface area contributed by atoms with Crippen LogP contribution in [0.1, 0.15) is 27.2 Å². The van der Waals surface area contributed by atoms with Gasteiger partial charge < -0.3 is 9.88 Å². The summed E-state index contributed by atoms with van der Waals surface area (Å²) in [7, 11) is 0. The molecule has 0 bridgehead atoms. The van der Waals surface area contributed by atoms with Gasteiger partial charge in [-0.25, -0.2) is 0 Å². The van der Waals surface area contributed by atoms with Gasteiger partial charge >= 0.3 is 0 Å². The van der Waals surface area contributed by atoms with Gasteiger partial charge in [-0.2, -0.15) is 0 Å². The highest BCUT2D eigenvalue weighted by Crippen LogP contribution is 2.21. The molecule has 1 aromatic heterocycles. The number of hydrogen-bond donors (Lipinski definition) is 2. The summed E-state index contributed by atoms with van der Waals surface area (Å²) in [6.07, 6.45) is 0. The van der Waals surface area contributed by atoms with Crippen molar-refractivity contribution in [2.45, 2.75) is 20.0 Å². The van der Waals surface area contributed by atoms with Gasteiger partial charge in [-0.1, -0.05) is 78.9 Å². The number of nitrogens with one attached hydrogen (secondary N) is 2. The zero-order chi connectivity index (χ0) is 19.3. The van der Waals surface area contributed by atoms with Crippen LogP contribution >= 0.6 is 0 Å². The molecule has 0 spiro atoms. The summed E-state index contributed by atoms with van der Waals surface area (Å²) in [6.45, 7) is 4.10. The fourth-order valence-electron chi connectivity index (χ4n) is 3.91. The van der Waals surface area contributed by atoms with Gasteiger partial charge in [0.2, 0.25) is 5.78 Å². The monoisotopic (exact) mass is 369 g/mol. The highest BCUT2D eigenvalue weighted by Gasteiger charge is 2.21. The normalized spacial score (nSPS) is 11.2. The first kappa shape index (κ1) is 18.2. The van der Waals surface area contributed by atoms with Crippen molar-refractivity contribution < 1.29 is 9.69 Å². The molecule has 0 aliphatic rings. The zero-order valence-corrected chi connectivity index (χ0v) is 16.1. The molecule has 0 aliphatic heterocycles. The van der Waals surface area contributed by atoms with E-state index in [-0.39, 0.29) is 5.78 Å². The molecule has 4 aromatic rings. The summed E-state index contributed by atoms with van der Waals surface area (Å²) in [5.74, 6) is 0.191. The van der Waals surface area contributed by atoms with E-state index in [4.69, 9.17) is 0 Å². The van der Waals surface area contributed by atoms with Crippen molar-refractivity contribution in [3.05, 3.63) is 107 Å². The lowest BCUT2D eigenvalue weighted by Crippen LogP contribution is -3.10. The van der Waals surface area contributed by atoms with Crippen LogP contribution in [0.5, 0.6) is 0 Å². The fourth-order valence-corrected chi connectivity index (χ4v) is 3.91. The number of hydrogen-bond acceptors (Lipinski definition) is 1. The van der Waals surface area contributed by atoms with Gasteiger partial charge in [-0.3, -0.25) is 4.79 Å². The minimum Gasteiger partial charge on any atom is -0.358 e. The Balaban J connectivity index is 1.60. The van der Waals surface area contributed by atoms with E-state index in [2.05, 4.69) is 53.5 Å². The molecule has 28 heavy (non-hydrogen) atoms. The number of fused-ring (bicyclic) bond motifs is 1. The summed E-state index contributed by atoms with van der Waals surface area (Å²) in [5, 5.41) is 1.02. The first-order valence-corrected chi connectivity index (χ1v) is 9.72. The molecule has 4 rings (SSSR count). The number of para-hydroxylation sites is 1. The summed E-state index contributed by atoms with van der Waals surface area (Å²) in [6, 6.07) is 28.8. The maximum absolute atomic E-state index is 13.3. The summed E-state index contributed by atoms with van der Waals surface area (Å²) >= 11 is 0. The lowest BCUT2D eigenvalue weighted by molar-refractivity contribution is -0.919. The number of aromatic amines is 1. The average molecular weight is 369 g/mol. The van der Waals surface area contributed by atoms with Crippen LogP contribution in [-0.4, -0.2) is 17.3 Å². The molecular weight excluding hydrogens is 344 g/mol. The van der Waals surface area contributed by atoms with Crippen LogP contribution in [0, 0.1) is 6.92 Å². The van der Waals surface area contributed by atoms with Gasteiger partial charge in [0.1, 0.15) is 19.6 Å². The van der Waals surface area contributed by atoms with Crippen LogP contribution in [0.2, 0.25) is 0 Å². The predicted octanol–water partition coefficient (Wildman–Crippen LogP) is 3.94. The number of benzene rings is 3. The third-order valence-electron chi connectivity index (χ3n) is 5.18. The predicted molar refractivity (Wildman–Crippen MR) is 113 cm³/mol. The molecule has 0 aliphatic carbocycles. The van der Waals surface area contributed by atoms with Crippen LogP contribution in [0.3, 0.4) is 0 Å². The maximum atomic E-state index is 13.3. The van der Waals surface area contributed by atoms with Crippen molar-refractivity contribution in [1.82, 2.24) is 4.98 Å². The molecule has 3 aromatic carbocycles. The van der Waals surface area contributed by atoms with E-state index in [1.807, 2.05) is 43.3 Å². The molecule has 1 heterocycles. The Labute approximate surface area is 165 Å². The van der Waals surface area contributed by atoms with Crippen LogP contribution in [-0.2, 0) is 13.1 Å². The van der Waals surface area contributed by atoms with Crippen molar-refractivity contribution in [2.24, 2.45) is 0 Å². The van der Waals surface area contributed by atoms with E-state index in [0.717, 1.165) is 35.2 Å². The topological polar surface area (TPSA) is 37.3 Å². The highest BCUT2D eigenvalue weighted by molar-refractivity contribution is 6.09. The minimum atomic E-state index is 0.191. The third kappa shape index (κ3) is 4.05. The molecule has 0 saturated carbocycles. The molecule has 0 saturated heterocycles. The van der Waals surface area contributed by atoms with Gasteiger partial charge in [0.05, 0.1) is 5.56 Å². The van der Waals surface area contributed by atoms with Gasteiger partial charge in [0, 0.05) is 27.7 Å². The molecule has 3 nitrogen and oxygen atoms in total. The zero-order valence-electron chi connectivity index (χ0n) is 16.1. The van der Waals surface area contributed by atoms with Crippen molar-refractivity contribution >= 4 is 16.7 Å². The summed E-state index contributed by atoms with van der Waals surface area (Å²) < 4.78 is 0. The lowest BCUT2D eigenvalue weighted by atomic mass is 10.1. The molecule has 0 unspecified atom stereocenters. The second kappa shape index (κ2) is 8.24. The van der Waals surface area contributed by atoms with Gasteiger partial charge in [-0.05, 0) is 13.0 Å². The lowest BCUT2D eigenvalue weighted by Gasteiger charge is -2.19. The van der Waals surface area contributed by atoms with E-state index < -0.39 is 0 Å². The number of aryl methyl sites for hydroxylation is 1. The Morgan fingerprint density at radius 2 is 1.32 bits per heavy atom. The Morgan fingerprint density at radius 3 is 1.93 bits per heavy atom. The molecule has 3 heteroatoms. The van der Waals surface area contributed by atoms with E-state index in [9.17, 15) is 4.79 Å². The van der Waals surface area contributed by atoms with Crippen molar-refractivity contribution in [2.75, 3.05) is 6.54 Å². The number of carbonyl (C=O) groups is 1. The third-order valence-corrected chi connectivity index (χ3v) is 5.18. The number of aromatic nitrogens is 1. The molecule has 140 valence electrons. The van der Waals surface area contributed by atoms with Crippen LogP contribution in [0.25, 0.3) is 10.9 Å². The van der Waals surface area contributed by atoms with Gasteiger partial charge in [0.25, 0.3) is 0 Å². The van der Waals surface area contributed by atoms with Crippen LogP contribution in [0.15, 0.2) is 84.9 Å². The molecule has 0 atom stereocenters. The molecule has 0 radical (unpaired) electrons. The van der Waals surface area contributed by atoms with Crippen molar-refractivity contribution in [1.29, 1.82) is 0 Å². The fraction of sp³-hybridized carbons (Fsp3) is 0.160. The molecule has 0 amide bonds. The van der Waals surface area contributed by atoms with Crippen LogP contribution in [0.4, 0.5) is 0 Å². The quantitative estimate of drug-likeness (QED) is 0.476. The second-order valence-electron chi connectivity index (χ2n) is 7.35. The number of quaternary nitrogens is 1. The van der Waals surface area contributed by atoms with Gasteiger partial charge in [0.15, 0.2) is 0 Å². The first-order chi connectivity index (χ1) is 13.7. The van der Waals surface area contributed by atoms with Gasteiger partial charge in [-0.15, -0.1) is 0 Å². The highest BCUT2D eigenvalue weighted by atomic mass is 16.1. The molecule has 0 fully saturated rings. The Bertz CT molecular complexity index is 1030. The van der Waals surface area contributed by atoms with E-state index in [0.29, 0.717) is 6.54 Å². The average Bonchev–Trinajstić information content (AvgIpc) is 3.05. The summed E-state index contributed by atoms with van der Waals surface area (Å²) in [4.78, 5) is 17.9. The second-order valence-corrected chi connectivity index (χ2v) is 7.35. The number of H-pyrrole nitrogens is 1. The number of rotatable bonds is 7. The van der Waals surface area contributed by atoms with Crippen molar-refractivity contribution in [3.8, 4) is 0 Å². The SMILES string of the molecule is Cc1[nH]c2ccccc2c1C(=O)C[NH+](Cc1ccccc1)Cc1ccccc1. The van der Waals surface area contributed by atoms with E-state index in [1.54, 1.807) is 0 Å². The van der Waals surface area contributed by atoms with Crippen molar-refractivity contribution in [3.63, 3.8) is 0 Å². The van der Waals surface area contributed by atoms with E-state index in [1.165, 1.54) is 16.0 Å². The minimum absolute atomic E-state index is 0.191. The number of Topliss-reactive ketones (excluding diaryl/α,β-unsaturated/α-hetero) is 1. The molecule has 2 N–H and O–H groups in total. The standard InChI is InChI=1S/C25H24N2O/c1-19-25(22-14-8-9-15-23(22)26-19)24(28)18-27(16-20-10-4-2-5-11-20)17-21-12-6-3-7-13-21/h2-15,26H,16-18H2,1H3/p+1. The molecular formula is C25H25N2O+.